The van der Waals surface area contributed by atoms with Gasteiger partial charge in [0.15, 0.2) is 11.4 Å². The lowest BCUT2D eigenvalue weighted by atomic mass is 9.73. The maximum absolute atomic E-state index is 14.2. The fourth-order valence-corrected chi connectivity index (χ4v) is 5.69. The van der Waals surface area contributed by atoms with E-state index in [1.807, 2.05) is 18.2 Å². The summed E-state index contributed by atoms with van der Waals surface area (Å²) in [5.74, 6) is -1.59. The predicted octanol–water partition coefficient (Wildman–Crippen LogP) is 7.24. The highest BCUT2D eigenvalue weighted by molar-refractivity contribution is 6.14. The second kappa shape index (κ2) is 11.2. The number of aryl methyl sites for hydroxylation is 1. The van der Waals surface area contributed by atoms with Crippen molar-refractivity contribution in [3.05, 3.63) is 64.9 Å². The Kier molecular flexibility index (Phi) is 8.07. The Morgan fingerprint density at radius 2 is 1.86 bits per heavy atom. The number of hydrogen-bond donors (Lipinski definition) is 2. The Morgan fingerprint density at radius 3 is 2.56 bits per heavy atom. The minimum Gasteiger partial charge on any atom is -0.446 e. The van der Waals surface area contributed by atoms with Crippen LogP contribution in [-0.4, -0.2) is 11.8 Å². The summed E-state index contributed by atoms with van der Waals surface area (Å²) in [5.41, 5.74) is 6.29. The Bertz CT molecular complexity index is 1240. The second-order valence-corrected chi connectivity index (χ2v) is 10.3. The van der Waals surface area contributed by atoms with Crippen LogP contribution in [0.3, 0.4) is 0 Å². The SMILES string of the molecule is CC(C)C(CCCc1cccc(C(=O)Nc2c(C(N)=O)oc3c(F)cc(F)cc23)c1)C1CCCCC1. The molecule has 1 heterocycles. The summed E-state index contributed by atoms with van der Waals surface area (Å²) in [7, 11) is 0. The van der Waals surface area contributed by atoms with E-state index >= 15 is 0 Å². The van der Waals surface area contributed by atoms with Gasteiger partial charge in [0.05, 0.1) is 5.39 Å². The van der Waals surface area contributed by atoms with Gasteiger partial charge in [-0.1, -0.05) is 58.1 Å². The van der Waals surface area contributed by atoms with E-state index in [0.29, 0.717) is 17.5 Å². The third-order valence-electron chi connectivity index (χ3n) is 7.47. The minimum atomic E-state index is -0.993. The van der Waals surface area contributed by atoms with Gasteiger partial charge >= 0.3 is 0 Å². The highest BCUT2D eigenvalue weighted by Crippen LogP contribution is 2.37. The van der Waals surface area contributed by atoms with Crippen LogP contribution in [0.25, 0.3) is 11.0 Å². The number of halogens is 2. The predicted molar refractivity (Wildman–Crippen MR) is 137 cm³/mol. The molecule has 1 aliphatic rings. The first-order valence-electron chi connectivity index (χ1n) is 12.9. The summed E-state index contributed by atoms with van der Waals surface area (Å²) < 4.78 is 33.2. The van der Waals surface area contributed by atoms with E-state index < -0.39 is 29.2 Å². The highest BCUT2D eigenvalue weighted by Gasteiger charge is 2.26. The topological polar surface area (TPSA) is 85.3 Å². The first-order valence-corrected chi connectivity index (χ1v) is 12.9. The van der Waals surface area contributed by atoms with Crippen molar-refractivity contribution >= 4 is 28.5 Å². The van der Waals surface area contributed by atoms with E-state index in [2.05, 4.69) is 19.2 Å². The molecule has 1 fully saturated rings. The Hall–Kier alpha value is -3.22. The molecule has 1 aromatic heterocycles. The summed E-state index contributed by atoms with van der Waals surface area (Å²) in [6.07, 6.45) is 9.77. The maximum atomic E-state index is 14.2. The molecule has 0 radical (unpaired) electrons. The second-order valence-electron chi connectivity index (χ2n) is 10.3. The van der Waals surface area contributed by atoms with Crippen LogP contribution in [-0.2, 0) is 6.42 Å². The van der Waals surface area contributed by atoms with Crippen molar-refractivity contribution in [3.63, 3.8) is 0 Å². The van der Waals surface area contributed by atoms with E-state index in [9.17, 15) is 18.4 Å². The molecule has 3 N–H and O–H groups in total. The summed E-state index contributed by atoms with van der Waals surface area (Å²) in [6, 6.07) is 8.92. The smallest absolute Gasteiger partial charge is 0.286 e. The lowest BCUT2D eigenvalue weighted by Gasteiger charge is -2.33. The van der Waals surface area contributed by atoms with Crippen LogP contribution < -0.4 is 11.1 Å². The monoisotopic (exact) mass is 496 g/mol. The van der Waals surface area contributed by atoms with Gasteiger partial charge in [0, 0.05) is 11.6 Å². The minimum absolute atomic E-state index is 0.0618. The number of carbonyl (C=O) groups is 2. The van der Waals surface area contributed by atoms with Crippen molar-refractivity contribution in [3.8, 4) is 0 Å². The average molecular weight is 497 g/mol. The quantitative estimate of drug-likeness (QED) is 0.327. The zero-order valence-corrected chi connectivity index (χ0v) is 20.9. The first kappa shape index (κ1) is 25.9. The van der Waals surface area contributed by atoms with Crippen LogP contribution in [0.15, 0.2) is 40.8 Å². The van der Waals surface area contributed by atoms with Crippen molar-refractivity contribution in [2.75, 3.05) is 5.32 Å². The number of anilines is 1. The lowest BCUT2D eigenvalue weighted by molar-refractivity contribution is 0.0977. The molecule has 5 nitrogen and oxygen atoms in total. The van der Waals surface area contributed by atoms with Crippen molar-refractivity contribution in [1.29, 1.82) is 0 Å². The summed E-state index contributed by atoms with van der Waals surface area (Å²) in [5, 5.41) is 2.52. The fraction of sp³-hybridized carbons (Fsp3) is 0.448. The molecule has 1 saturated carbocycles. The number of amides is 2. The van der Waals surface area contributed by atoms with Gasteiger partial charge in [0.1, 0.15) is 11.5 Å². The molecule has 1 unspecified atom stereocenters. The van der Waals surface area contributed by atoms with Gasteiger partial charge in [-0.3, -0.25) is 9.59 Å². The van der Waals surface area contributed by atoms with E-state index in [1.165, 1.54) is 38.5 Å². The maximum Gasteiger partial charge on any atom is 0.286 e. The van der Waals surface area contributed by atoms with E-state index in [0.717, 1.165) is 36.3 Å². The van der Waals surface area contributed by atoms with Crippen LogP contribution in [0.5, 0.6) is 0 Å². The summed E-state index contributed by atoms with van der Waals surface area (Å²) >= 11 is 0. The van der Waals surface area contributed by atoms with Gasteiger partial charge in [-0.2, -0.15) is 0 Å². The molecule has 2 amide bonds. The first-order chi connectivity index (χ1) is 17.2. The molecule has 1 atom stereocenters. The summed E-state index contributed by atoms with van der Waals surface area (Å²) in [6.45, 7) is 4.64. The van der Waals surface area contributed by atoms with Gasteiger partial charge in [0.25, 0.3) is 11.8 Å². The highest BCUT2D eigenvalue weighted by atomic mass is 19.1. The number of fused-ring (bicyclic) bond motifs is 1. The fourth-order valence-electron chi connectivity index (χ4n) is 5.69. The van der Waals surface area contributed by atoms with Crippen LogP contribution in [0.4, 0.5) is 14.5 Å². The standard InChI is InChI=1S/C29H34F2N2O3/c1-17(2)22(19-10-4-3-5-11-19)13-7-9-18-8-6-12-20(14-18)29(35)33-25-23-15-21(30)16-24(31)26(23)36-27(25)28(32)34/h6,8,12,14-17,19,22H,3-5,7,9-11,13H2,1-2H3,(H2,32,34)(H,33,35). The molecule has 2 aromatic carbocycles. The number of primary amides is 1. The number of benzene rings is 2. The zero-order chi connectivity index (χ0) is 25.8. The molecule has 36 heavy (non-hydrogen) atoms. The van der Waals surface area contributed by atoms with Gasteiger partial charge in [-0.25, -0.2) is 8.78 Å². The van der Waals surface area contributed by atoms with Gasteiger partial charge in [0.2, 0.25) is 5.76 Å². The lowest BCUT2D eigenvalue weighted by Crippen LogP contribution is -2.22. The van der Waals surface area contributed by atoms with Crippen LogP contribution >= 0.6 is 0 Å². The van der Waals surface area contributed by atoms with Gasteiger partial charge in [-0.05, 0) is 60.8 Å². The third kappa shape index (κ3) is 5.77. The molecule has 7 heteroatoms. The number of nitrogens with two attached hydrogens (primary N) is 1. The van der Waals surface area contributed by atoms with Crippen molar-refractivity contribution in [2.24, 2.45) is 23.5 Å². The number of carbonyl (C=O) groups excluding carboxylic acids is 2. The van der Waals surface area contributed by atoms with Crippen LogP contribution in [0.2, 0.25) is 0 Å². The molecule has 1 aliphatic carbocycles. The van der Waals surface area contributed by atoms with E-state index in [-0.39, 0.29) is 16.7 Å². The molecule has 0 bridgehead atoms. The molecular formula is C29H34F2N2O3. The molecule has 0 aliphatic heterocycles. The molecule has 4 rings (SSSR count). The Labute approximate surface area is 210 Å². The Balaban J connectivity index is 1.47. The van der Waals surface area contributed by atoms with E-state index in [4.69, 9.17) is 10.2 Å². The number of hydrogen-bond acceptors (Lipinski definition) is 3. The van der Waals surface area contributed by atoms with Gasteiger partial charge < -0.3 is 15.5 Å². The number of nitrogens with one attached hydrogen (secondary N) is 1. The Morgan fingerprint density at radius 1 is 1.11 bits per heavy atom. The largest absolute Gasteiger partial charge is 0.446 e. The van der Waals surface area contributed by atoms with Crippen LogP contribution in [0.1, 0.15) is 85.3 Å². The molecular weight excluding hydrogens is 462 g/mol. The third-order valence-corrected chi connectivity index (χ3v) is 7.47. The molecule has 192 valence electrons. The summed E-state index contributed by atoms with van der Waals surface area (Å²) in [4.78, 5) is 24.9. The van der Waals surface area contributed by atoms with Crippen molar-refractivity contribution < 1.29 is 22.8 Å². The van der Waals surface area contributed by atoms with Gasteiger partial charge in [-0.15, -0.1) is 0 Å². The normalized spacial score (nSPS) is 15.4. The molecule has 0 spiro atoms. The number of rotatable bonds is 9. The average Bonchev–Trinajstić information content (AvgIpc) is 3.21. The van der Waals surface area contributed by atoms with E-state index in [1.54, 1.807) is 6.07 Å². The van der Waals surface area contributed by atoms with Crippen molar-refractivity contribution in [2.45, 2.75) is 65.2 Å². The van der Waals surface area contributed by atoms with Crippen molar-refractivity contribution in [1.82, 2.24) is 0 Å². The molecule has 0 saturated heterocycles. The molecule has 3 aromatic rings. The number of furan rings is 1. The van der Waals surface area contributed by atoms with Crippen LogP contribution in [0, 0.1) is 29.4 Å². The zero-order valence-electron chi connectivity index (χ0n) is 20.9.